The number of phenolic OH excluding ortho intramolecular Hbond substituents is 2. The predicted octanol–water partition coefficient (Wildman–Crippen LogP) is 4.67. The van der Waals surface area contributed by atoms with Crippen molar-refractivity contribution in [3.05, 3.63) is 53.1 Å². The third-order valence-corrected chi connectivity index (χ3v) is 3.45. The highest BCUT2D eigenvalue weighted by molar-refractivity contribution is 5.73. The Balaban J connectivity index is 2.15. The smallest absolute Gasteiger partial charge is 0.416 e. The molecule has 0 spiro atoms. The summed E-state index contributed by atoms with van der Waals surface area (Å²) in [4.78, 5) is 11.7. The van der Waals surface area contributed by atoms with Gasteiger partial charge >= 0.3 is 18.3 Å². The molecule has 146 valence electrons. The van der Waals surface area contributed by atoms with Crippen LogP contribution in [0.25, 0.3) is 0 Å². The zero-order valence-electron chi connectivity index (χ0n) is 13.4. The molecule has 4 nitrogen and oxygen atoms in total. The summed E-state index contributed by atoms with van der Waals surface area (Å²) in [5.41, 5.74) is -3.43. The Bertz CT molecular complexity index is 822. The van der Waals surface area contributed by atoms with Crippen LogP contribution in [0.15, 0.2) is 36.4 Å². The molecule has 0 heterocycles. The van der Waals surface area contributed by atoms with E-state index in [1.165, 1.54) is 0 Å². The van der Waals surface area contributed by atoms with Crippen molar-refractivity contribution in [1.29, 1.82) is 0 Å². The predicted molar refractivity (Wildman–Crippen MR) is 80.2 cm³/mol. The van der Waals surface area contributed by atoms with Crippen molar-refractivity contribution in [2.75, 3.05) is 0 Å². The number of rotatable bonds is 4. The lowest BCUT2D eigenvalue weighted by Crippen LogP contribution is -2.15. The van der Waals surface area contributed by atoms with E-state index in [1.54, 1.807) is 0 Å². The maximum absolute atomic E-state index is 13.0. The van der Waals surface area contributed by atoms with Crippen molar-refractivity contribution < 1.29 is 46.1 Å². The first-order chi connectivity index (χ1) is 12.4. The number of halogens is 6. The van der Waals surface area contributed by atoms with Crippen molar-refractivity contribution in [1.82, 2.24) is 0 Å². The standard InChI is InChI=1S/C17H12F6O4/c18-16(19,20)10-3-1-9(14(5-10)17(21,22)23)2-4-15(26)27-13-7-11(24)6-12(25)8-13/h1,3,5-8,24-25H,2,4H2. The van der Waals surface area contributed by atoms with E-state index < -0.39 is 59.4 Å². The molecule has 0 aliphatic heterocycles. The van der Waals surface area contributed by atoms with Crippen LogP contribution in [-0.2, 0) is 23.6 Å². The monoisotopic (exact) mass is 394 g/mol. The van der Waals surface area contributed by atoms with E-state index in [4.69, 9.17) is 4.74 Å². The lowest BCUT2D eigenvalue weighted by atomic mass is 9.99. The van der Waals surface area contributed by atoms with Gasteiger partial charge in [-0.25, -0.2) is 0 Å². The number of hydrogen-bond acceptors (Lipinski definition) is 4. The van der Waals surface area contributed by atoms with Crippen LogP contribution in [0.1, 0.15) is 23.1 Å². The number of phenols is 2. The Labute approximate surface area is 148 Å². The van der Waals surface area contributed by atoms with Crippen molar-refractivity contribution >= 4 is 5.97 Å². The summed E-state index contributed by atoms with van der Waals surface area (Å²) in [7, 11) is 0. The number of hydrogen-bond donors (Lipinski definition) is 2. The van der Waals surface area contributed by atoms with Crippen LogP contribution in [0.5, 0.6) is 17.2 Å². The van der Waals surface area contributed by atoms with Crippen molar-refractivity contribution in [3.63, 3.8) is 0 Å². The molecule has 0 saturated carbocycles. The molecule has 10 heteroatoms. The van der Waals surface area contributed by atoms with E-state index in [-0.39, 0.29) is 11.8 Å². The summed E-state index contributed by atoms with van der Waals surface area (Å²) in [6.07, 6.45) is -11.0. The molecule has 2 rings (SSSR count). The molecule has 0 amide bonds. The zero-order chi connectivity index (χ0) is 20.4. The highest BCUT2D eigenvalue weighted by Gasteiger charge is 2.38. The van der Waals surface area contributed by atoms with E-state index in [0.29, 0.717) is 12.1 Å². The summed E-state index contributed by atoms with van der Waals surface area (Å²) in [6, 6.07) is 4.12. The molecule has 2 aromatic rings. The molecule has 0 bridgehead atoms. The molecular weight excluding hydrogens is 382 g/mol. The first-order valence-electron chi connectivity index (χ1n) is 7.37. The first-order valence-corrected chi connectivity index (χ1v) is 7.37. The Hall–Kier alpha value is -2.91. The number of carbonyl (C=O) groups excluding carboxylic acids is 1. The fraction of sp³-hybridized carbons (Fsp3) is 0.235. The van der Waals surface area contributed by atoms with Crippen LogP contribution in [-0.4, -0.2) is 16.2 Å². The average Bonchev–Trinajstić information content (AvgIpc) is 2.50. The quantitative estimate of drug-likeness (QED) is 0.449. The van der Waals surface area contributed by atoms with Crippen molar-refractivity contribution in [2.24, 2.45) is 0 Å². The molecule has 0 radical (unpaired) electrons. The topological polar surface area (TPSA) is 66.8 Å². The fourth-order valence-corrected chi connectivity index (χ4v) is 2.28. The van der Waals surface area contributed by atoms with Gasteiger partial charge in [0.25, 0.3) is 0 Å². The minimum atomic E-state index is -5.03. The van der Waals surface area contributed by atoms with E-state index in [1.807, 2.05) is 0 Å². The Kier molecular flexibility index (Phi) is 5.57. The minimum Gasteiger partial charge on any atom is -0.508 e. The number of aromatic hydroxyl groups is 2. The van der Waals surface area contributed by atoms with E-state index >= 15 is 0 Å². The summed E-state index contributed by atoms with van der Waals surface area (Å²) < 4.78 is 81.8. The molecular formula is C17H12F6O4. The second-order valence-electron chi connectivity index (χ2n) is 5.53. The van der Waals surface area contributed by atoms with Gasteiger partial charge in [-0.15, -0.1) is 0 Å². The molecule has 0 fully saturated rings. The largest absolute Gasteiger partial charge is 0.508 e. The van der Waals surface area contributed by atoms with Gasteiger partial charge in [0.1, 0.15) is 17.2 Å². The van der Waals surface area contributed by atoms with Crippen LogP contribution in [0.3, 0.4) is 0 Å². The number of alkyl halides is 6. The maximum atomic E-state index is 13.0. The van der Waals surface area contributed by atoms with E-state index in [2.05, 4.69) is 0 Å². The Morgan fingerprint density at radius 2 is 1.48 bits per heavy atom. The van der Waals surface area contributed by atoms with Gasteiger partial charge in [-0.2, -0.15) is 26.3 Å². The molecule has 2 N–H and O–H groups in total. The van der Waals surface area contributed by atoms with Gasteiger partial charge in [-0.3, -0.25) is 4.79 Å². The molecule has 27 heavy (non-hydrogen) atoms. The van der Waals surface area contributed by atoms with Gasteiger partial charge in [-0.1, -0.05) is 6.07 Å². The van der Waals surface area contributed by atoms with Crippen LogP contribution in [0, 0.1) is 0 Å². The Morgan fingerprint density at radius 3 is 2.00 bits per heavy atom. The maximum Gasteiger partial charge on any atom is 0.416 e. The highest BCUT2D eigenvalue weighted by atomic mass is 19.4. The number of esters is 1. The normalized spacial score (nSPS) is 12.1. The third-order valence-electron chi connectivity index (χ3n) is 3.45. The molecule has 0 atom stereocenters. The number of carbonyl (C=O) groups is 1. The van der Waals surface area contributed by atoms with Crippen LogP contribution >= 0.6 is 0 Å². The van der Waals surface area contributed by atoms with Crippen LogP contribution in [0.4, 0.5) is 26.3 Å². The third kappa shape index (κ3) is 5.53. The number of benzene rings is 2. The molecule has 0 aromatic heterocycles. The lowest BCUT2D eigenvalue weighted by Gasteiger charge is -2.15. The number of ether oxygens (including phenoxy) is 1. The lowest BCUT2D eigenvalue weighted by molar-refractivity contribution is -0.144. The van der Waals surface area contributed by atoms with Gasteiger partial charge in [0.15, 0.2) is 0 Å². The number of aryl methyl sites for hydroxylation is 1. The highest BCUT2D eigenvalue weighted by Crippen LogP contribution is 2.37. The SMILES string of the molecule is O=C(CCc1ccc(C(F)(F)F)cc1C(F)(F)F)Oc1cc(O)cc(O)c1. The average molecular weight is 394 g/mol. The van der Waals surface area contributed by atoms with Crippen molar-refractivity contribution in [2.45, 2.75) is 25.2 Å². The van der Waals surface area contributed by atoms with Crippen molar-refractivity contribution in [3.8, 4) is 17.2 Å². The van der Waals surface area contributed by atoms with Gasteiger partial charge in [-0.05, 0) is 24.1 Å². The summed E-state index contributed by atoms with van der Waals surface area (Å²) in [5, 5.41) is 18.5. The van der Waals surface area contributed by atoms with Gasteiger partial charge in [0, 0.05) is 24.6 Å². The van der Waals surface area contributed by atoms with Gasteiger partial charge in [0.2, 0.25) is 0 Å². The minimum absolute atomic E-state index is 0.00601. The first kappa shape index (κ1) is 20.4. The van der Waals surface area contributed by atoms with E-state index in [9.17, 15) is 41.4 Å². The molecule has 0 saturated heterocycles. The summed E-state index contributed by atoms with van der Waals surface area (Å²) >= 11 is 0. The summed E-state index contributed by atoms with van der Waals surface area (Å²) in [5.74, 6) is -2.03. The molecule has 0 unspecified atom stereocenters. The fourth-order valence-electron chi connectivity index (χ4n) is 2.28. The van der Waals surface area contributed by atoms with Crippen LogP contribution < -0.4 is 4.74 Å². The molecule has 0 aliphatic carbocycles. The van der Waals surface area contributed by atoms with Crippen LogP contribution in [0.2, 0.25) is 0 Å². The van der Waals surface area contributed by atoms with E-state index in [0.717, 1.165) is 18.2 Å². The summed E-state index contributed by atoms with van der Waals surface area (Å²) in [6.45, 7) is 0. The molecule has 0 aliphatic rings. The zero-order valence-corrected chi connectivity index (χ0v) is 13.4. The van der Waals surface area contributed by atoms with Gasteiger partial charge < -0.3 is 14.9 Å². The second-order valence-corrected chi connectivity index (χ2v) is 5.53. The Morgan fingerprint density at radius 1 is 0.889 bits per heavy atom. The van der Waals surface area contributed by atoms with Gasteiger partial charge in [0.05, 0.1) is 11.1 Å². The second kappa shape index (κ2) is 7.37. The molecule has 2 aromatic carbocycles.